The number of aromatic nitrogens is 3. The van der Waals surface area contributed by atoms with Gasteiger partial charge in [0, 0.05) is 18.1 Å². The lowest BCUT2D eigenvalue weighted by Crippen LogP contribution is -1.97. The normalized spacial score (nSPS) is 10.9. The molecule has 0 aliphatic rings. The molecule has 0 radical (unpaired) electrons. The molecule has 0 unspecified atom stereocenters. The Balaban J connectivity index is 2.02. The summed E-state index contributed by atoms with van der Waals surface area (Å²) in [5.74, 6) is 0.828. The topological polar surface area (TPSA) is 50.9 Å². The Bertz CT molecular complexity index is 478. The predicted molar refractivity (Wildman–Crippen MR) is 65.5 cm³/mol. The third-order valence-corrected chi connectivity index (χ3v) is 4.40. The molecule has 0 atom stereocenters. The average molecular weight is 255 g/mol. The summed E-state index contributed by atoms with van der Waals surface area (Å²) in [7, 11) is 1.91. The van der Waals surface area contributed by atoms with Crippen LogP contribution in [0.15, 0.2) is 16.7 Å². The van der Waals surface area contributed by atoms with Crippen molar-refractivity contribution in [3.63, 3.8) is 0 Å². The molecule has 0 saturated carbocycles. The van der Waals surface area contributed by atoms with Crippen molar-refractivity contribution in [2.75, 3.05) is 0 Å². The van der Waals surface area contributed by atoms with Crippen LogP contribution in [0.5, 0.6) is 0 Å². The third kappa shape index (κ3) is 2.45. The molecule has 0 saturated heterocycles. The van der Waals surface area contributed by atoms with Gasteiger partial charge in [-0.15, -0.1) is 11.3 Å². The Kier molecular flexibility index (Phi) is 3.63. The van der Waals surface area contributed by atoms with E-state index in [1.54, 1.807) is 29.3 Å². The lowest BCUT2D eigenvalue weighted by molar-refractivity contribution is 0.271. The van der Waals surface area contributed by atoms with Crippen molar-refractivity contribution in [1.82, 2.24) is 14.5 Å². The Morgan fingerprint density at radius 3 is 2.94 bits per heavy atom. The van der Waals surface area contributed by atoms with Crippen LogP contribution in [0.25, 0.3) is 0 Å². The van der Waals surface area contributed by atoms with E-state index in [4.69, 9.17) is 5.11 Å². The molecule has 1 N–H and O–H groups in total. The Morgan fingerprint density at radius 2 is 2.38 bits per heavy atom. The van der Waals surface area contributed by atoms with Crippen molar-refractivity contribution in [1.29, 1.82) is 0 Å². The van der Waals surface area contributed by atoms with Gasteiger partial charge in [-0.05, 0) is 6.92 Å². The lowest BCUT2D eigenvalue weighted by Gasteiger charge is -2.02. The minimum atomic E-state index is 0.0282. The monoisotopic (exact) mass is 255 g/mol. The largest absolute Gasteiger partial charge is 0.390 e. The zero-order valence-corrected chi connectivity index (χ0v) is 10.8. The second kappa shape index (κ2) is 4.99. The highest BCUT2D eigenvalue weighted by Gasteiger charge is 2.07. The molecule has 0 amide bonds. The molecule has 2 rings (SSSR count). The summed E-state index contributed by atoms with van der Waals surface area (Å²) >= 11 is 3.31. The molecule has 0 spiro atoms. The quantitative estimate of drug-likeness (QED) is 0.849. The van der Waals surface area contributed by atoms with Crippen LogP contribution in [0.4, 0.5) is 0 Å². The average Bonchev–Trinajstić information content (AvgIpc) is 2.83. The molecule has 86 valence electrons. The van der Waals surface area contributed by atoms with Crippen molar-refractivity contribution >= 4 is 23.1 Å². The van der Waals surface area contributed by atoms with Gasteiger partial charge in [-0.2, -0.15) is 0 Å². The van der Waals surface area contributed by atoms with Crippen molar-refractivity contribution in [2.24, 2.45) is 7.05 Å². The summed E-state index contributed by atoms with van der Waals surface area (Å²) < 4.78 is 1.91. The third-order valence-electron chi connectivity index (χ3n) is 2.20. The Hall–Kier alpha value is -0.850. The van der Waals surface area contributed by atoms with E-state index in [9.17, 15) is 0 Å². The van der Waals surface area contributed by atoms with Crippen LogP contribution in [0.1, 0.15) is 16.4 Å². The second-order valence-corrected chi connectivity index (χ2v) is 5.31. The number of hydrogen-bond donors (Lipinski definition) is 1. The fourth-order valence-corrected chi connectivity index (χ4v) is 3.06. The van der Waals surface area contributed by atoms with Gasteiger partial charge in [0.05, 0.1) is 24.3 Å². The minimum absolute atomic E-state index is 0.0282. The van der Waals surface area contributed by atoms with Gasteiger partial charge in [-0.1, -0.05) is 11.8 Å². The number of imidazole rings is 1. The smallest absolute Gasteiger partial charge is 0.168 e. The summed E-state index contributed by atoms with van der Waals surface area (Å²) in [6.45, 7) is 2.02. The predicted octanol–water partition coefficient (Wildman–Crippen LogP) is 1.97. The summed E-state index contributed by atoms with van der Waals surface area (Å²) in [5.41, 5.74) is 1.90. The van der Waals surface area contributed by atoms with E-state index in [2.05, 4.69) is 9.97 Å². The number of rotatable bonds is 4. The van der Waals surface area contributed by atoms with E-state index in [0.717, 1.165) is 27.3 Å². The maximum absolute atomic E-state index is 9.04. The first-order valence-electron chi connectivity index (χ1n) is 4.86. The van der Waals surface area contributed by atoms with Crippen molar-refractivity contribution in [3.05, 3.63) is 28.0 Å². The van der Waals surface area contributed by atoms with E-state index in [1.807, 2.05) is 23.9 Å². The van der Waals surface area contributed by atoms with E-state index in [1.165, 1.54) is 0 Å². The van der Waals surface area contributed by atoms with Crippen LogP contribution in [0.2, 0.25) is 0 Å². The first-order valence-corrected chi connectivity index (χ1v) is 6.72. The molecule has 0 aromatic carbocycles. The van der Waals surface area contributed by atoms with Crippen molar-refractivity contribution in [3.8, 4) is 0 Å². The molecule has 2 aromatic heterocycles. The number of aliphatic hydroxyl groups excluding tert-OH is 1. The zero-order chi connectivity index (χ0) is 11.5. The molecule has 2 aromatic rings. The molecule has 4 nitrogen and oxygen atoms in total. The van der Waals surface area contributed by atoms with Crippen LogP contribution in [-0.4, -0.2) is 19.6 Å². The van der Waals surface area contributed by atoms with Gasteiger partial charge in [-0.25, -0.2) is 9.97 Å². The van der Waals surface area contributed by atoms with E-state index < -0.39 is 0 Å². The number of aryl methyl sites for hydroxylation is 1. The highest BCUT2D eigenvalue weighted by atomic mass is 32.2. The molecule has 0 fully saturated rings. The van der Waals surface area contributed by atoms with Crippen LogP contribution < -0.4 is 0 Å². The zero-order valence-electron chi connectivity index (χ0n) is 9.17. The molecule has 16 heavy (non-hydrogen) atoms. The fourth-order valence-electron chi connectivity index (χ4n) is 1.30. The van der Waals surface area contributed by atoms with Crippen LogP contribution in [-0.2, 0) is 19.4 Å². The number of thiazole rings is 1. The standard InChI is InChI=1S/C10H13N3OS2/c1-7-5-15-9(12-7)6-16-10-11-3-8(4-14)13(10)2/h3,5,14H,4,6H2,1-2H3. The highest BCUT2D eigenvalue weighted by Crippen LogP contribution is 2.23. The molecular weight excluding hydrogens is 242 g/mol. The maximum Gasteiger partial charge on any atom is 0.168 e. The van der Waals surface area contributed by atoms with E-state index in [-0.39, 0.29) is 6.61 Å². The van der Waals surface area contributed by atoms with Gasteiger partial charge < -0.3 is 9.67 Å². The van der Waals surface area contributed by atoms with Gasteiger partial charge in [0.25, 0.3) is 0 Å². The maximum atomic E-state index is 9.04. The van der Waals surface area contributed by atoms with E-state index >= 15 is 0 Å². The van der Waals surface area contributed by atoms with Crippen LogP contribution in [0, 0.1) is 6.92 Å². The second-order valence-electron chi connectivity index (χ2n) is 3.42. The molecule has 0 aliphatic carbocycles. The molecular formula is C10H13N3OS2. The van der Waals surface area contributed by atoms with Gasteiger partial charge in [-0.3, -0.25) is 0 Å². The lowest BCUT2D eigenvalue weighted by atomic mass is 10.5. The highest BCUT2D eigenvalue weighted by molar-refractivity contribution is 7.98. The number of hydrogen-bond acceptors (Lipinski definition) is 5. The van der Waals surface area contributed by atoms with Gasteiger partial charge in [0.1, 0.15) is 5.01 Å². The summed E-state index contributed by atoms with van der Waals surface area (Å²) in [6, 6.07) is 0. The fraction of sp³-hybridized carbons (Fsp3) is 0.400. The minimum Gasteiger partial charge on any atom is -0.390 e. The molecule has 0 aliphatic heterocycles. The molecule has 2 heterocycles. The van der Waals surface area contributed by atoms with Gasteiger partial charge in [0.15, 0.2) is 5.16 Å². The molecule has 6 heteroatoms. The van der Waals surface area contributed by atoms with Gasteiger partial charge >= 0.3 is 0 Å². The van der Waals surface area contributed by atoms with E-state index in [0.29, 0.717) is 0 Å². The number of thioether (sulfide) groups is 1. The Morgan fingerprint density at radius 1 is 1.56 bits per heavy atom. The van der Waals surface area contributed by atoms with Crippen molar-refractivity contribution in [2.45, 2.75) is 24.4 Å². The van der Waals surface area contributed by atoms with Crippen LogP contribution >= 0.6 is 23.1 Å². The van der Waals surface area contributed by atoms with Crippen LogP contribution in [0.3, 0.4) is 0 Å². The SMILES string of the molecule is Cc1csc(CSc2ncc(CO)n2C)n1. The number of aliphatic hydroxyl groups is 1. The first kappa shape index (κ1) is 11.6. The summed E-state index contributed by atoms with van der Waals surface area (Å²) in [6.07, 6.45) is 1.70. The van der Waals surface area contributed by atoms with Gasteiger partial charge in [0.2, 0.25) is 0 Å². The summed E-state index contributed by atoms with van der Waals surface area (Å²) in [4.78, 5) is 8.64. The molecule has 0 bridgehead atoms. The summed E-state index contributed by atoms with van der Waals surface area (Å²) in [5, 5.41) is 13.1. The first-order chi connectivity index (χ1) is 7.70. The van der Waals surface area contributed by atoms with Crippen molar-refractivity contribution < 1.29 is 5.11 Å². The Labute approximate surface area is 102 Å². The number of nitrogens with zero attached hydrogens (tertiary/aromatic N) is 3.